The van der Waals surface area contributed by atoms with Gasteiger partial charge in [0.2, 0.25) is 10.0 Å². The van der Waals surface area contributed by atoms with Crippen LogP contribution in [0.2, 0.25) is 0 Å². The van der Waals surface area contributed by atoms with Gasteiger partial charge in [-0.2, -0.15) is 0 Å². The second-order valence-corrected chi connectivity index (χ2v) is 7.72. The summed E-state index contributed by atoms with van der Waals surface area (Å²) in [6.45, 7) is 4.25. The van der Waals surface area contributed by atoms with Crippen molar-refractivity contribution in [3.63, 3.8) is 0 Å². The molecule has 21 heavy (non-hydrogen) atoms. The maximum Gasteiger partial charge on any atom is 0.240 e. The first kappa shape index (κ1) is 16.5. The van der Waals surface area contributed by atoms with Gasteiger partial charge >= 0.3 is 0 Å². The standard InChI is InChI=1S/C16H25NO3S/c1-3-12(2)13-4-10-16(11-5-13)21(19,20)17-14-6-8-15(18)9-7-14/h4-5,10-12,14-15,17-18H,3,6-9H2,1-2H3. The summed E-state index contributed by atoms with van der Waals surface area (Å²) in [7, 11) is -3.46. The molecule has 1 aromatic rings. The van der Waals surface area contributed by atoms with E-state index >= 15 is 0 Å². The molecule has 5 heteroatoms. The molecule has 1 aliphatic carbocycles. The van der Waals surface area contributed by atoms with E-state index in [1.165, 1.54) is 0 Å². The fraction of sp³-hybridized carbons (Fsp3) is 0.625. The zero-order valence-corrected chi connectivity index (χ0v) is 13.6. The molecule has 4 nitrogen and oxygen atoms in total. The Labute approximate surface area is 127 Å². The van der Waals surface area contributed by atoms with E-state index in [0.717, 1.165) is 12.0 Å². The van der Waals surface area contributed by atoms with E-state index in [4.69, 9.17) is 0 Å². The lowest BCUT2D eigenvalue weighted by Gasteiger charge is -2.26. The van der Waals surface area contributed by atoms with Gasteiger partial charge in [0.05, 0.1) is 11.0 Å². The number of aliphatic hydroxyl groups is 1. The molecule has 0 heterocycles. The molecule has 1 fully saturated rings. The maximum atomic E-state index is 12.4. The van der Waals surface area contributed by atoms with E-state index in [0.29, 0.717) is 36.5 Å². The number of nitrogens with one attached hydrogen (secondary N) is 1. The first-order valence-electron chi connectivity index (χ1n) is 7.72. The zero-order valence-electron chi connectivity index (χ0n) is 12.7. The average Bonchev–Trinajstić information content (AvgIpc) is 2.49. The van der Waals surface area contributed by atoms with Crippen molar-refractivity contribution >= 4 is 10.0 Å². The monoisotopic (exact) mass is 311 g/mol. The summed E-state index contributed by atoms with van der Waals surface area (Å²) in [6, 6.07) is 7.09. The lowest BCUT2D eigenvalue weighted by Crippen LogP contribution is -2.38. The summed E-state index contributed by atoms with van der Waals surface area (Å²) in [5.74, 6) is 0.439. The molecule has 0 radical (unpaired) electrons. The zero-order chi connectivity index (χ0) is 15.5. The minimum Gasteiger partial charge on any atom is -0.393 e. The van der Waals surface area contributed by atoms with E-state index in [1.807, 2.05) is 12.1 Å². The van der Waals surface area contributed by atoms with Crippen molar-refractivity contribution in [2.24, 2.45) is 0 Å². The Morgan fingerprint density at radius 2 is 1.76 bits per heavy atom. The van der Waals surface area contributed by atoms with Gasteiger partial charge in [-0.15, -0.1) is 0 Å². The van der Waals surface area contributed by atoms with Crippen LogP contribution in [-0.4, -0.2) is 25.7 Å². The van der Waals surface area contributed by atoms with E-state index in [9.17, 15) is 13.5 Å². The van der Waals surface area contributed by atoms with E-state index in [-0.39, 0.29) is 12.1 Å². The van der Waals surface area contributed by atoms with E-state index < -0.39 is 10.0 Å². The summed E-state index contributed by atoms with van der Waals surface area (Å²) < 4.78 is 27.5. The fourth-order valence-corrected chi connectivity index (χ4v) is 4.00. The fourth-order valence-electron chi connectivity index (χ4n) is 2.69. The molecular weight excluding hydrogens is 286 g/mol. The van der Waals surface area contributed by atoms with Gasteiger partial charge in [0.25, 0.3) is 0 Å². The molecule has 1 aromatic carbocycles. The summed E-state index contributed by atoms with van der Waals surface area (Å²) in [4.78, 5) is 0.320. The van der Waals surface area contributed by atoms with Gasteiger partial charge in [0.1, 0.15) is 0 Å². The van der Waals surface area contributed by atoms with Gasteiger partial charge in [-0.25, -0.2) is 13.1 Å². The van der Waals surface area contributed by atoms with Crippen LogP contribution in [-0.2, 0) is 10.0 Å². The molecule has 1 atom stereocenters. The normalized spacial score (nSPS) is 24.7. The second kappa shape index (κ2) is 6.90. The number of hydrogen-bond acceptors (Lipinski definition) is 3. The Morgan fingerprint density at radius 1 is 1.19 bits per heavy atom. The van der Waals surface area contributed by atoms with Gasteiger partial charge in [-0.05, 0) is 55.7 Å². The number of hydrogen-bond donors (Lipinski definition) is 2. The van der Waals surface area contributed by atoms with Crippen LogP contribution in [0.1, 0.15) is 57.4 Å². The van der Waals surface area contributed by atoms with Crippen LogP contribution in [0.25, 0.3) is 0 Å². The predicted octanol–water partition coefficient (Wildman–Crippen LogP) is 2.78. The number of aliphatic hydroxyl groups excluding tert-OH is 1. The van der Waals surface area contributed by atoms with Crippen LogP contribution in [0, 0.1) is 0 Å². The van der Waals surface area contributed by atoms with Crippen molar-refractivity contribution in [2.75, 3.05) is 0 Å². The molecule has 1 saturated carbocycles. The summed E-state index contributed by atoms with van der Waals surface area (Å²) >= 11 is 0. The van der Waals surface area contributed by atoms with Gasteiger partial charge in [-0.1, -0.05) is 26.0 Å². The SMILES string of the molecule is CCC(C)c1ccc(S(=O)(=O)NC2CCC(O)CC2)cc1. The van der Waals surface area contributed by atoms with Crippen LogP contribution >= 0.6 is 0 Å². The minimum atomic E-state index is -3.46. The van der Waals surface area contributed by atoms with Gasteiger partial charge < -0.3 is 5.11 Å². The summed E-state index contributed by atoms with van der Waals surface area (Å²) in [5.41, 5.74) is 1.16. The third kappa shape index (κ3) is 4.28. The van der Waals surface area contributed by atoms with Crippen LogP contribution in [0.4, 0.5) is 0 Å². The van der Waals surface area contributed by atoms with E-state index in [2.05, 4.69) is 18.6 Å². The third-order valence-electron chi connectivity index (χ3n) is 4.39. The van der Waals surface area contributed by atoms with Crippen molar-refractivity contribution in [2.45, 2.75) is 68.9 Å². The molecule has 1 unspecified atom stereocenters. The van der Waals surface area contributed by atoms with Crippen molar-refractivity contribution in [3.05, 3.63) is 29.8 Å². The molecule has 1 aliphatic rings. The van der Waals surface area contributed by atoms with Crippen LogP contribution in [0.15, 0.2) is 29.2 Å². The Morgan fingerprint density at radius 3 is 2.29 bits per heavy atom. The highest BCUT2D eigenvalue weighted by Gasteiger charge is 2.24. The largest absolute Gasteiger partial charge is 0.393 e. The molecular formula is C16H25NO3S. The summed E-state index contributed by atoms with van der Waals surface area (Å²) in [5, 5.41) is 9.47. The first-order valence-corrected chi connectivity index (χ1v) is 9.21. The maximum absolute atomic E-state index is 12.4. The highest BCUT2D eigenvalue weighted by atomic mass is 32.2. The lowest BCUT2D eigenvalue weighted by molar-refractivity contribution is 0.120. The molecule has 0 aliphatic heterocycles. The van der Waals surface area contributed by atoms with Crippen LogP contribution < -0.4 is 4.72 Å². The number of rotatable bonds is 5. The topological polar surface area (TPSA) is 66.4 Å². The lowest BCUT2D eigenvalue weighted by atomic mass is 9.94. The second-order valence-electron chi connectivity index (χ2n) is 6.01. The number of sulfonamides is 1. The Hall–Kier alpha value is -0.910. The molecule has 118 valence electrons. The van der Waals surface area contributed by atoms with E-state index in [1.54, 1.807) is 12.1 Å². The Balaban J connectivity index is 2.05. The van der Waals surface area contributed by atoms with Crippen LogP contribution in [0.3, 0.4) is 0 Å². The molecule has 0 bridgehead atoms. The van der Waals surface area contributed by atoms with Crippen LogP contribution in [0.5, 0.6) is 0 Å². The molecule has 0 saturated heterocycles. The highest BCUT2D eigenvalue weighted by Crippen LogP contribution is 2.23. The minimum absolute atomic E-state index is 0.0624. The summed E-state index contributed by atoms with van der Waals surface area (Å²) in [6.07, 6.45) is 3.49. The molecule has 0 aromatic heterocycles. The van der Waals surface area contributed by atoms with Gasteiger partial charge in [0.15, 0.2) is 0 Å². The van der Waals surface area contributed by atoms with Gasteiger partial charge in [-0.3, -0.25) is 0 Å². The average molecular weight is 311 g/mol. The molecule has 0 spiro atoms. The highest BCUT2D eigenvalue weighted by molar-refractivity contribution is 7.89. The smallest absolute Gasteiger partial charge is 0.240 e. The van der Waals surface area contributed by atoms with Crippen molar-refractivity contribution in [1.29, 1.82) is 0 Å². The third-order valence-corrected chi connectivity index (χ3v) is 5.93. The molecule has 2 N–H and O–H groups in total. The predicted molar refractivity (Wildman–Crippen MR) is 83.7 cm³/mol. The Bertz CT molecular complexity index is 545. The van der Waals surface area contributed by atoms with Crippen molar-refractivity contribution < 1.29 is 13.5 Å². The first-order chi connectivity index (χ1) is 9.92. The van der Waals surface area contributed by atoms with Crippen molar-refractivity contribution in [3.8, 4) is 0 Å². The Kier molecular flexibility index (Phi) is 5.41. The van der Waals surface area contributed by atoms with Crippen molar-refractivity contribution in [1.82, 2.24) is 4.72 Å². The quantitative estimate of drug-likeness (QED) is 0.878. The molecule has 2 rings (SSSR count). The number of benzene rings is 1. The van der Waals surface area contributed by atoms with Gasteiger partial charge in [0, 0.05) is 6.04 Å². The molecule has 0 amide bonds.